The molecule has 88 valence electrons. The summed E-state index contributed by atoms with van der Waals surface area (Å²) >= 11 is 0.976. The summed E-state index contributed by atoms with van der Waals surface area (Å²) in [5, 5.41) is 18.1. The summed E-state index contributed by atoms with van der Waals surface area (Å²) in [5.41, 5.74) is 6.70. The van der Waals surface area contributed by atoms with E-state index in [-0.39, 0.29) is 16.8 Å². The molecule has 4 N–H and O–H groups in total. The van der Waals surface area contributed by atoms with Crippen LogP contribution in [0.2, 0.25) is 0 Å². The molecule has 0 spiro atoms. The van der Waals surface area contributed by atoms with E-state index in [4.69, 9.17) is 16.4 Å². The van der Waals surface area contributed by atoms with E-state index in [0.29, 0.717) is 12.1 Å². The van der Waals surface area contributed by atoms with Crippen molar-refractivity contribution in [2.24, 2.45) is 5.73 Å². The van der Waals surface area contributed by atoms with Crippen LogP contribution >= 0.6 is 11.8 Å². The first-order valence-corrected chi connectivity index (χ1v) is 5.83. The zero-order valence-electron chi connectivity index (χ0n) is 9.06. The molecule has 0 aliphatic carbocycles. The molecule has 1 rings (SSSR count). The Hall–Kier alpha value is -2.00. The number of nitrogens with one attached hydrogen (secondary N) is 2. The van der Waals surface area contributed by atoms with Gasteiger partial charge in [0.05, 0.1) is 18.2 Å². The Morgan fingerprint density at radius 3 is 2.65 bits per heavy atom. The van der Waals surface area contributed by atoms with Gasteiger partial charge in [0.2, 0.25) is 5.91 Å². The number of amides is 1. The number of benzene rings is 1. The molecular formula is C11H12N4OS. The number of hydrogen-bond acceptors (Lipinski definition) is 4. The second-order valence-electron chi connectivity index (χ2n) is 3.23. The highest BCUT2D eigenvalue weighted by molar-refractivity contribution is 8.14. The van der Waals surface area contributed by atoms with Crippen molar-refractivity contribution >= 4 is 28.5 Å². The number of carbonyl (C=O) groups excluding carboxylic acids is 1. The molecule has 0 aromatic heterocycles. The maximum Gasteiger partial charge on any atom is 0.234 e. The van der Waals surface area contributed by atoms with Crippen molar-refractivity contribution in [2.45, 2.75) is 6.42 Å². The van der Waals surface area contributed by atoms with E-state index in [9.17, 15) is 4.79 Å². The van der Waals surface area contributed by atoms with E-state index >= 15 is 0 Å². The maximum absolute atomic E-state index is 11.4. The number of rotatable bonds is 4. The van der Waals surface area contributed by atoms with E-state index in [1.807, 2.05) is 6.07 Å². The molecule has 0 aliphatic heterocycles. The third-order valence-electron chi connectivity index (χ3n) is 1.88. The average molecular weight is 248 g/mol. The molecule has 17 heavy (non-hydrogen) atoms. The number of nitrogens with zero attached hydrogens (tertiary/aromatic N) is 1. The summed E-state index contributed by atoms with van der Waals surface area (Å²) in [4.78, 5) is 11.4. The van der Waals surface area contributed by atoms with Gasteiger partial charge in [-0.1, -0.05) is 23.9 Å². The molecule has 1 aromatic carbocycles. The highest BCUT2D eigenvalue weighted by Crippen LogP contribution is 2.10. The Labute approximate surface area is 104 Å². The first kappa shape index (κ1) is 13.1. The zero-order chi connectivity index (χ0) is 12.7. The van der Waals surface area contributed by atoms with Crippen LogP contribution in [0.15, 0.2) is 24.3 Å². The molecule has 0 heterocycles. The number of carbonyl (C=O) groups is 1. The summed E-state index contributed by atoms with van der Waals surface area (Å²) in [6.45, 7) is 0. The van der Waals surface area contributed by atoms with Crippen LogP contribution in [0.5, 0.6) is 0 Å². The lowest BCUT2D eigenvalue weighted by atomic mass is 10.1. The highest BCUT2D eigenvalue weighted by atomic mass is 32.2. The van der Waals surface area contributed by atoms with Gasteiger partial charge in [-0.2, -0.15) is 5.26 Å². The van der Waals surface area contributed by atoms with Gasteiger partial charge in [-0.15, -0.1) is 0 Å². The van der Waals surface area contributed by atoms with Crippen molar-refractivity contribution in [1.29, 1.82) is 10.7 Å². The van der Waals surface area contributed by atoms with E-state index < -0.39 is 0 Å². The van der Waals surface area contributed by atoms with Crippen molar-refractivity contribution in [2.75, 3.05) is 11.1 Å². The van der Waals surface area contributed by atoms with E-state index in [1.165, 1.54) is 0 Å². The van der Waals surface area contributed by atoms with E-state index in [0.717, 1.165) is 17.3 Å². The Morgan fingerprint density at radius 2 is 2.12 bits per heavy atom. The normalized spacial score (nSPS) is 9.35. The number of anilines is 1. The van der Waals surface area contributed by atoms with E-state index in [2.05, 4.69) is 5.32 Å². The van der Waals surface area contributed by atoms with Crippen LogP contribution in [-0.2, 0) is 11.2 Å². The van der Waals surface area contributed by atoms with Gasteiger partial charge in [0, 0.05) is 5.69 Å². The third kappa shape index (κ3) is 5.04. The van der Waals surface area contributed by atoms with Gasteiger partial charge in [0.25, 0.3) is 0 Å². The SMILES string of the molecule is N#CCc1ccc(NC(=O)CSC(=N)N)cc1. The number of hydrogen-bond donors (Lipinski definition) is 3. The topological polar surface area (TPSA) is 103 Å². The van der Waals surface area contributed by atoms with Crippen LogP contribution in [0.3, 0.4) is 0 Å². The van der Waals surface area contributed by atoms with Gasteiger partial charge in [-0.25, -0.2) is 0 Å². The summed E-state index contributed by atoms with van der Waals surface area (Å²) in [6, 6.07) is 9.10. The molecule has 0 atom stereocenters. The first-order valence-electron chi connectivity index (χ1n) is 4.84. The molecule has 1 amide bonds. The van der Waals surface area contributed by atoms with Crippen molar-refractivity contribution in [1.82, 2.24) is 0 Å². The molecule has 5 nitrogen and oxygen atoms in total. The highest BCUT2D eigenvalue weighted by Gasteiger charge is 2.03. The molecule has 0 radical (unpaired) electrons. The minimum absolute atomic E-state index is 0.0791. The minimum Gasteiger partial charge on any atom is -0.379 e. The summed E-state index contributed by atoms with van der Waals surface area (Å²) in [5.74, 6) is -0.0897. The number of thioether (sulfide) groups is 1. The third-order valence-corrected chi connectivity index (χ3v) is 2.60. The molecule has 0 aliphatic rings. The zero-order valence-corrected chi connectivity index (χ0v) is 9.88. The van der Waals surface area contributed by atoms with Gasteiger partial charge in [-0.05, 0) is 17.7 Å². The largest absolute Gasteiger partial charge is 0.379 e. The Kier molecular flexibility index (Phi) is 5.04. The van der Waals surface area contributed by atoms with Gasteiger partial charge in [0.1, 0.15) is 0 Å². The van der Waals surface area contributed by atoms with Crippen molar-refractivity contribution < 1.29 is 4.79 Å². The molecular weight excluding hydrogens is 236 g/mol. The lowest BCUT2D eigenvalue weighted by Gasteiger charge is -2.04. The van der Waals surface area contributed by atoms with Crippen molar-refractivity contribution in [3.63, 3.8) is 0 Å². The molecule has 0 saturated heterocycles. The lowest BCUT2D eigenvalue weighted by Crippen LogP contribution is -2.17. The molecule has 0 bridgehead atoms. The second kappa shape index (κ2) is 6.55. The minimum atomic E-state index is -0.210. The van der Waals surface area contributed by atoms with Crippen LogP contribution in [-0.4, -0.2) is 16.8 Å². The molecule has 0 unspecified atom stereocenters. The fourth-order valence-corrected chi connectivity index (χ4v) is 1.50. The quantitative estimate of drug-likeness (QED) is 0.552. The summed E-state index contributed by atoms with van der Waals surface area (Å²) in [7, 11) is 0. The van der Waals surface area contributed by atoms with Crippen LogP contribution in [0.1, 0.15) is 5.56 Å². The fourth-order valence-electron chi connectivity index (χ4n) is 1.14. The van der Waals surface area contributed by atoms with Crippen LogP contribution in [0.4, 0.5) is 5.69 Å². The van der Waals surface area contributed by atoms with E-state index in [1.54, 1.807) is 24.3 Å². The summed E-state index contributed by atoms with van der Waals surface area (Å²) < 4.78 is 0. The second-order valence-corrected chi connectivity index (χ2v) is 4.25. The Morgan fingerprint density at radius 1 is 1.47 bits per heavy atom. The molecule has 0 saturated carbocycles. The Balaban J connectivity index is 2.49. The summed E-state index contributed by atoms with van der Waals surface area (Å²) in [6.07, 6.45) is 0.356. The molecule has 0 fully saturated rings. The van der Waals surface area contributed by atoms with Crippen LogP contribution in [0.25, 0.3) is 0 Å². The first-order chi connectivity index (χ1) is 8.11. The van der Waals surface area contributed by atoms with Crippen molar-refractivity contribution in [3.05, 3.63) is 29.8 Å². The number of nitrogens with two attached hydrogens (primary N) is 1. The average Bonchev–Trinajstić information content (AvgIpc) is 2.29. The monoisotopic (exact) mass is 248 g/mol. The molecule has 6 heteroatoms. The van der Waals surface area contributed by atoms with Gasteiger partial charge < -0.3 is 11.1 Å². The smallest absolute Gasteiger partial charge is 0.234 e. The number of nitriles is 1. The van der Waals surface area contributed by atoms with Gasteiger partial charge >= 0.3 is 0 Å². The van der Waals surface area contributed by atoms with Crippen LogP contribution in [0, 0.1) is 16.7 Å². The predicted molar refractivity (Wildman–Crippen MR) is 68.8 cm³/mol. The lowest BCUT2D eigenvalue weighted by molar-refractivity contribution is -0.113. The predicted octanol–water partition coefficient (Wildman–Crippen LogP) is 1.32. The van der Waals surface area contributed by atoms with Crippen LogP contribution < -0.4 is 11.1 Å². The van der Waals surface area contributed by atoms with Crippen molar-refractivity contribution in [3.8, 4) is 6.07 Å². The Bertz CT molecular complexity index is 450. The number of amidine groups is 1. The maximum atomic E-state index is 11.4. The standard InChI is InChI=1S/C11H12N4OS/c12-6-5-8-1-3-9(4-2-8)15-10(16)7-17-11(13)14/h1-4H,5,7H2,(H3,13,14)(H,15,16). The van der Waals surface area contributed by atoms with Gasteiger partial charge in [0.15, 0.2) is 5.17 Å². The molecule has 1 aromatic rings. The van der Waals surface area contributed by atoms with Gasteiger partial charge in [-0.3, -0.25) is 10.2 Å². The fraction of sp³-hybridized carbons (Fsp3) is 0.182.